The van der Waals surface area contributed by atoms with Gasteiger partial charge in [-0.1, -0.05) is 18.9 Å². The van der Waals surface area contributed by atoms with Crippen molar-refractivity contribution in [2.75, 3.05) is 33.2 Å². The van der Waals surface area contributed by atoms with Gasteiger partial charge in [-0.2, -0.15) is 0 Å². The molecule has 5 heteroatoms. The summed E-state index contributed by atoms with van der Waals surface area (Å²) in [4.78, 5) is 11.2. The lowest BCUT2D eigenvalue weighted by atomic mass is 10.2. The number of nitrogens with one attached hydrogen (secondary N) is 2. The Hall–Kier alpha value is -1.62. The van der Waals surface area contributed by atoms with Gasteiger partial charge >= 0.3 is 0 Å². The molecule has 1 aromatic rings. The Morgan fingerprint density at radius 3 is 2.68 bits per heavy atom. The van der Waals surface area contributed by atoms with Gasteiger partial charge in [0.2, 0.25) is 0 Å². The average molecular weight is 303 g/mol. The Kier molecular flexibility index (Phi) is 7.74. The first-order valence-electron chi connectivity index (χ1n) is 8.45. The third-order valence-corrected chi connectivity index (χ3v) is 4.03. The number of guanidine groups is 1. The second kappa shape index (κ2) is 10.2. The maximum atomic E-state index is 4.30. The van der Waals surface area contributed by atoms with E-state index >= 15 is 0 Å². The fourth-order valence-corrected chi connectivity index (χ4v) is 2.77. The molecule has 1 aliphatic rings. The fraction of sp³-hybridized carbons (Fsp3) is 0.647. The van der Waals surface area contributed by atoms with Gasteiger partial charge in [0.05, 0.1) is 12.2 Å². The minimum absolute atomic E-state index is 0.701. The number of pyridine rings is 1. The number of rotatable bonds is 6. The van der Waals surface area contributed by atoms with Crippen LogP contribution in [0.2, 0.25) is 0 Å². The summed E-state index contributed by atoms with van der Waals surface area (Å²) in [5.74, 6) is 0.849. The lowest BCUT2D eigenvalue weighted by molar-refractivity contribution is 0.282. The van der Waals surface area contributed by atoms with E-state index in [0.29, 0.717) is 6.54 Å². The van der Waals surface area contributed by atoms with Gasteiger partial charge in [0.25, 0.3) is 0 Å². The fourth-order valence-electron chi connectivity index (χ4n) is 2.77. The molecule has 2 heterocycles. The molecule has 0 radical (unpaired) electrons. The molecule has 0 spiro atoms. The number of nitrogens with zero attached hydrogens (tertiary/aromatic N) is 3. The van der Waals surface area contributed by atoms with E-state index in [-0.39, 0.29) is 0 Å². The largest absolute Gasteiger partial charge is 0.356 e. The molecule has 0 aromatic carbocycles. The van der Waals surface area contributed by atoms with E-state index in [1.807, 2.05) is 31.4 Å². The quantitative estimate of drug-likeness (QED) is 0.479. The van der Waals surface area contributed by atoms with Gasteiger partial charge in [0.15, 0.2) is 5.96 Å². The first-order chi connectivity index (χ1) is 10.9. The third kappa shape index (κ3) is 6.43. The second-order valence-corrected chi connectivity index (χ2v) is 5.78. The Labute approximate surface area is 134 Å². The van der Waals surface area contributed by atoms with E-state index in [1.165, 1.54) is 45.3 Å². The van der Waals surface area contributed by atoms with Crippen LogP contribution < -0.4 is 10.6 Å². The Morgan fingerprint density at radius 1 is 1.18 bits per heavy atom. The van der Waals surface area contributed by atoms with Crippen molar-refractivity contribution in [3.63, 3.8) is 0 Å². The molecule has 0 unspecified atom stereocenters. The van der Waals surface area contributed by atoms with Crippen molar-refractivity contribution in [3.8, 4) is 0 Å². The van der Waals surface area contributed by atoms with Gasteiger partial charge in [0.1, 0.15) is 0 Å². The lowest BCUT2D eigenvalue weighted by Gasteiger charge is -2.20. The predicted molar refractivity (Wildman–Crippen MR) is 92.0 cm³/mol. The molecule has 0 saturated carbocycles. The first kappa shape index (κ1) is 16.7. The van der Waals surface area contributed by atoms with Crippen LogP contribution in [0.5, 0.6) is 0 Å². The molecule has 122 valence electrons. The molecule has 1 aliphatic heterocycles. The summed E-state index contributed by atoms with van der Waals surface area (Å²) in [7, 11) is 1.81. The number of hydrogen-bond donors (Lipinski definition) is 2. The van der Waals surface area contributed by atoms with Crippen LogP contribution in [0, 0.1) is 0 Å². The van der Waals surface area contributed by atoms with Crippen molar-refractivity contribution >= 4 is 5.96 Å². The standard InChI is InChI=1S/C17H29N5/c1-18-17(21-15-16-9-4-5-10-19-16)20-11-8-14-22-12-6-2-3-7-13-22/h4-5,9-10H,2-3,6-8,11-15H2,1H3,(H2,18,20,21). The molecule has 2 rings (SSSR count). The summed E-state index contributed by atoms with van der Waals surface area (Å²) in [6.07, 6.45) is 8.50. The minimum Gasteiger partial charge on any atom is -0.356 e. The van der Waals surface area contributed by atoms with Gasteiger partial charge in [-0.3, -0.25) is 9.98 Å². The number of likely N-dealkylation sites (tertiary alicyclic amines) is 1. The minimum atomic E-state index is 0.701. The van der Waals surface area contributed by atoms with Gasteiger partial charge in [-0.15, -0.1) is 0 Å². The van der Waals surface area contributed by atoms with Gasteiger partial charge in [0, 0.05) is 19.8 Å². The predicted octanol–water partition coefficient (Wildman–Crippen LogP) is 2.01. The topological polar surface area (TPSA) is 52.6 Å². The van der Waals surface area contributed by atoms with Gasteiger partial charge in [-0.05, 0) is 51.0 Å². The van der Waals surface area contributed by atoms with Crippen LogP contribution >= 0.6 is 0 Å². The number of hydrogen-bond acceptors (Lipinski definition) is 3. The van der Waals surface area contributed by atoms with Crippen LogP contribution in [0.4, 0.5) is 0 Å². The van der Waals surface area contributed by atoms with Crippen LogP contribution in [0.1, 0.15) is 37.8 Å². The highest BCUT2D eigenvalue weighted by Gasteiger charge is 2.08. The normalized spacial score (nSPS) is 17.0. The zero-order valence-corrected chi connectivity index (χ0v) is 13.7. The van der Waals surface area contributed by atoms with E-state index in [4.69, 9.17) is 0 Å². The van der Waals surface area contributed by atoms with Crippen molar-refractivity contribution in [2.24, 2.45) is 4.99 Å². The first-order valence-corrected chi connectivity index (χ1v) is 8.45. The van der Waals surface area contributed by atoms with E-state index in [9.17, 15) is 0 Å². The molecular weight excluding hydrogens is 274 g/mol. The van der Waals surface area contributed by atoms with Crippen LogP contribution in [0.15, 0.2) is 29.4 Å². The average Bonchev–Trinajstić information content (AvgIpc) is 2.84. The summed E-state index contributed by atoms with van der Waals surface area (Å²) >= 11 is 0. The van der Waals surface area contributed by atoms with Crippen molar-refractivity contribution in [1.29, 1.82) is 0 Å². The number of aromatic nitrogens is 1. The van der Waals surface area contributed by atoms with Crippen molar-refractivity contribution in [3.05, 3.63) is 30.1 Å². The van der Waals surface area contributed by atoms with Crippen LogP contribution in [-0.2, 0) is 6.54 Å². The zero-order chi connectivity index (χ0) is 15.5. The molecule has 1 aromatic heterocycles. The maximum absolute atomic E-state index is 4.30. The molecule has 0 atom stereocenters. The van der Waals surface area contributed by atoms with Crippen molar-refractivity contribution in [1.82, 2.24) is 20.5 Å². The summed E-state index contributed by atoms with van der Waals surface area (Å²) in [6.45, 7) is 5.38. The Morgan fingerprint density at radius 2 is 2.00 bits per heavy atom. The van der Waals surface area contributed by atoms with E-state index in [2.05, 4.69) is 25.5 Å². The van der Waals surface area contributed by atoms with E-state index in [0.717, 1.165) is 24.6 Å². The molecule has 0 amide bonds. The maximum Gasteiger partial charge on any atom is 0.191 e. The molecule has 1 saturated heterocycles. The molecule has 0 aliphatic carbocycles. The summed E-state index contributed by atoms with van der Waals surface area (Å²) in [5.41, 5.74) is 1.02. The Balaban J connectivity index is 1.60. The Bertz CT molecular complexity index is 424. The lowest BCUT2D eigenvalue weighted by Crippen LogP contribution is -2.38. The van der Waals surface area contributed by atoms with Crippen molar-refractivity contribution in [2.45, 2.75) is 38.6 Å². The molecular formula is C17H29N5. The van der Waals surface area contributed by atoms with Crippen LogP contribution in [0.25, 0.3) is 0 Å². The SMILES string of the molecule is CN=C(NCCCN1CCCCCC1)NCc1ccccn1. The highest BCUT2D eigenvalue weighted by molar-refractivity contribution is 5.79. The van der Waals surface area contributed by atoms with Crippen LogP contribution in [0.3, 0.4) is 0 Å². The van der Waals surface area contributed by atoms with E-state index < -0.39 is 0 Å². The van der Waals surface area contributed by atoms with Gasteiger partial charge in [-0.25, -0.2) is 0 Å². The van der Waals surface area contributed by atoms with E-state index in [1.54, 1.807) is 0 Å². The molecule has 0 bridgehead atoms. The smallest absolute Gasteiger partial charge is 0.191 e. The van der Waals surface area contributed by atoms with Crippen LogP contribution in [-0.4, -0.2) is 49.1 Å². The summed E-state index contributed by atoms with van der Waals surface area (Å²) in [6, 6.07) is 5.94. The number of aliphatic imine (C=N–C) groups is 1. The summed E-state index contributed by atoms with van der Waals surface area (Å²) < 4.78 is 0. The summed E-state index contributed by atoms with van der Waals surface area (Å²) in [5, 5.41) is 6.68. The zero-order valence-electron chi connectivity index (χ0n) is 13.7. The third-order valence-electron chi connectivity index (χ3n) is 4.03. The highest BCUT2D eigenvalue weighted by atomic mass is 15.2. The highest BCUT2D eigenvalue weighted by Crippen LogP contribution is 2.09. The molecule has 2 N–H and O–H groups in total. The molecule has 5 nitrogen and oxygen atoms in total. The second-order valence-electron chi connectivity index (χ2n) is 5.78. The monoisotopic (exact) mass is 303 g/mol. The molecule has 22 heavy (non-hydrogen) atoms. The van der Waals surface area contributed by atoms with Gasteiger partial charge < -0.3 is 15.5 Å². The molecule has 1 fully saturated rings. The van der Waals surface area contributed by atoms with Crippen molar-refractivity contribution < 1.29 is 0 Å².